The minimum Gasteiger partial charge on any atom is -0.349 e. The average Bonchev–Trinajstić information content (AvgIpc) is 3.19. The van der Waals surface area contributed by atoms with E-state index >= 15 is 0 Å². The molecule has 28 heavy (non-hydrogen) atoms. The molecule has 1 aliphatic carbocycles. The molecule has 1 atom stereocenters. The number of benzene rings is 1. The van der Waals surface area contributed by atoms with Crippen molar-refractivity contribution < 1.29 is 13.2 Å². The van der Waals surface area contributed by atoms with Crippen molar-refractivity contribution in [1.29, 1.82) is 0 Å². The Morgan fingerprint density at radius 3 is 2.64 bits per heavy atom. The number of sulfonamides is 1. The fourth-order valence-electron chi connectivity index (χ4n) is 4.94. The fourth-order valence-corrected chi connectivity index (χ4v) is 5.85. The third-order valence-corrected chi connectivity index (χ3v) is 7.77. The summed E-state index contributed by atoms with van der Waals surface area (Å²) in [6.07, 6.45) is 6.36. The summed E-state index contributed by atoms with van der Waals surface area (Å²) in [5, 5.41) is 3.04. The SMILES string of the molecule is Cn1c(CNC(=O)C2CN(S(C)(=O)=O)CC23CCCCC3)nc2ccccc21. The smallest absolute Gasteiger partial charge is 0.225 e. The number of carbonyl (C=O) groups excluding carboxylic acids is 1. The third-order valence-electron chi connectivity index (χ3n) is 6.55. The first-order valence-corrected chi connectivity index (χ1v) is 11.8. The van der Waals surface area contributed by atoms with Crippen LogP contribution in [-0.2, 0) is 28.4 Å². The van der Waals surface area contributed by atoms with Gasteiger partial charge in [-0.25, -0.2) is 17.7 Å². The molecule has 1 unspecified atom stereocenters. The number of carbonyl (C=O) groups is 1. The molecule has 1 aromatic heterocycles. The lowest BCUT2D eigenvalue weighted by Crippen LogP contribution is -2.42. The molecule has 2 aromatic rings. The lowest BCUT2D eigenvalue weighted by molar-refractivity contribution is -0.128. The van der Waals surface area contributed by atoms with Gasteiger partial charge in [0.15, 0.2) is 0 Å². The highest BCUT2D eigenvalue weighted by Crippen LogP contribution is 2.48. The standard InChI is InChI=1S/C20H28N4O3S/c1-23-17-9-5-4-8-16(17)22-18(23)12-21-19(25)15-13-24(28(2,26)27)14-20(15)10-6-3-7-11-20/h4-5,8-9,15H,3,6-7,10-14H2,1-2H3,(H,21,25). The number of aryl methyl sites for hydroxylation is 1. The highest BCUT2D eigenvalue weighted by Gasteiger charge is 2.52. The zero-order valence-corrected chi connectivity index (χ0v) is 17.3. The number of amides is 1. The van der Waals surface area contributed by atoms with Gasteiger partial charge in [0, 0.05) is 20.1 Å². The van der Waals surface area contributed by atoms with Crippen molar-refractivity contribution in [3.8, 4) is 0 Å². The van der Waals surface area contributed by atoms with Gasteiger partial charge in [-0.05, 0) is 30.4 Å². The van der Waals surface area contributed by atoms with Crippen molar-refractivity contribution in [3.63, 3.8) is 0 Å². The fraction of sp³-hybridized carbons (Fsp3) is 0.600. The summed E-state index contributed by atoms with van der Waals surface area (Å²) in [4.78, 5) is 17.7. The first-order valence-electron chi connectivity index (χ1n) is 9.93. The van der Waals surface area contributed by atoms with Crippen LogP contribution in [0.3, 0.4) is 0 Å². The van der Waals surface area contributed by atoms with Crippen LogP contribution in [-0.4, -0.2) is 47.5 Å². The van der Waals surface area contributed by atoms with Gasteiger partial charge in [-0.1, -0.05) is 31.4 Å². The average molecular weight is 405 g/mol. The van der Waals surface area contributed by atoms with Crippen molar-refractivity contribution in [1.82, 2.24) is 19.2 Å². The maximum absolute atomic E-state index is 13.1. The molecule has 2 aliphatic rings. The van der Waals surface area contributed by atoms with E-state index in [1.165, 1.54) is 10.6 Å². The summed E-state index contributed by atoms with van der Waals surface area (Å²) < 4.78 is 27.8. The molecule has 1 amide bonds. The van der Waals surface area contributed by atoms with Crippen molar-refractivity contribution in [2.45, 2.75) is 38.6 Å². The minimum atomic E-state index is -3.30. The molecule has 1 N–H and O–H groups in total. The van der Waals surface area contributed by atoms with Crippen LogP contribution < -0.4 is 5.32 Å². The molecule has 4 rings (SSSR count). The second-order valence-electron chi connectivity index (χ2n) is 8.32. The van der Waals surface area contributed by atoms with Crippen molar-refractivity contribution in [2.75, 3.05) is 19.3 Å². The number of imidazole rings is 1. The Morgan fingerprint density at radius 2 is 1.96 bits per heavy atom. The van der Waals surface area contributed by atoms with Crippen LogP contribution in [0, 0.1) is 11.3 Å². The van der Waals surface area contributed by atoms with Gasteiger partial charge in [-0.2, -0.15) is 0 Å². The van der Waals surface area contributed by atoms with Gasteiger partial charge in [0.05, 0.1) is 29.8 Å². The molecule has 1 saturated heterocycles. The van der Waals surface area contributed by atoms with Gasteiger partial charge < -0.3 is 9.88 Å². The monoisotopic (exact) mass is 404 g/mol. The molecular formula is C20H28N4O3S. The maximum atomic E-state index is 13.1. The predicted molar refractivity (Wildman–Crippen MR) is 108 cm³/mol. The molecule has 1 spiro atoms. The number of fused-ring (bicyclic) bond motifs is 1. The van der Waals surface area contributed by atoms with E-state index in [9.17, 15) is 13.2 Å². The topological polar surface area (TPSA) is 84.3 Å². The molecule has 1 aliphatic heterocycles. The lowest BCUT2D eigenvalue weighted by Gasteiger charge is -2.37. The first-order chi connectivity index (χ1) is 13.3. The molecule has 152 valence electrons. The van der Waals surface area contributed by atoms with E-state index in [1.807, 2.05) is 35.9 Å². The summed E-state index contributed by atoms with van der Waals surface area (Å²) in [5.41, 5.74) is 1.71. The molecular weight excluding hydrogens is 376 g/mol. The highest BCUT2D eigenvalue weighted by atomic mass is 32.2. The molecule has 7 nitrogen and oxygen atoms in total. The largest absolute Gasteiger partial charge is 0.349 e. The number of hydrogen-bond acceptors (Lipinski definition) is 4. The summed E-state index contributed by atoms with van der Waals surface area (Å²) in [5.74, 6) is 0.447. The van der Waals surface area contributed by atoms with Crippen molar-refractivity contribution in [2.24, 2.45) is 18.4 Å². The zero-order chi connectivity index (χ0) is 19.9. The Balaban J connectivity index is 1.52. The van der Waals surface area contributed by atoms with Crippen LogP contribution in [0.1, 0.15) is 37.9 Å². The number of nitrogens with zero attached hydrogens (tertiary/aromatic N) is 3. The summed E-state index contributed by atoms with van der Waals surface area (Å²) >= 11 is 0. The summed E-state index contributed by atoms with van der Waals surface area (Å²) in [7, 11) is -1.35. The van der Waals surface area contributed by atoms with Gasteiger partial charge >= 0.3 is 0 Å². The van der Waals surface area contributed by atoms with Crippen LogP contribution >= 0.6 is 0 Å². The van der Waals surface area contributed by atoms with Gasteiger partial charge in [-0.15, -0.1) is 0 Å². The predicted octanol–water partition coefficient (Wildman–Crippen LogP) is 2.03. The molecule has 1 saturated carbocycles. The van der Waals surface area contributed by atoms with Gasteiger partial charge in [0.1, 0.15) is 5.82 Å². The Labute approximate surface area is 166 Å². The quantitative estimate of drug-likeness (QED) is 0.845. The lowest BCUT2D eigenvalue weighted by atomic mass is 9.67. The van der Waals surface area contributed by atoms with Crippen LogP contribution in [0.5, 0.6) is 0 Å². The highest BCUT2D eigenvalue weighted by molar-refractivity contribution is 7.88. The number of aromatic nitrogens is 2. The van der Waals surface area contributed by atoms with E-state index in [4.69, 9.17) is 0 Å². The second kappa shape index (κ2) is 7.15. The molecule has 2 heterocycles. The Morgan fingerprint density at radius 1 is 1.25 bits per heavy atom. The summed E-state index contributed by atoms with van der Waals surface area (Å²) in [6, 6.07) is 7.88. The molecule has 8 heteroatoms. The molecule has 2 fully saturated rings. The van der Waals surface area contributed by atoms with E-state index in [1.54, 1.807) is 0 Å². The first kappa shape index (κ1) is 19.4. The van der Waals surface area contributed by atoms with E-state index in [2.05, 4.69) is 10.3 Å². The molecule has 1 aromatic carbocycles. The van der Waals surface area contributed by atoms with Crippen molar-refractivity contribution in [3.05, 3.63) is 30.1 Å². The van der Waals surface area contributed by atoms with E-state index in [-0.39, 0.29) is 23.8 Å². The van der Waals surface area contributed by atoms with Gasteiger partial charge in [-0.3, -0.25) is 4.79 Å². The molecule has 0 radical (unpaired) electrons. The molecule has 0 bridgehead atoms. The second-order valence-corrected chi connectivity index (χ2v) is 10.3. The normalized spacial score (nSPS) is 22.7. The zero-order valence-electron chi connectivity index (χ0n) is 16.5. The van der Waals surface area contributed by atoms with Crippen LogP contribution in [0.15, 0.2) is 24.3 Å². The number of hydrogen-bond donors (Lipinski definition) is 1. The summed E-state index contributed by atoms with van der Waals surface area (Å²) in [6.45, 7) is 1.10. The van der Waals surface area contributed by atoms with E-state index in [0.717, 1.165) is 49.0 Å². The maximum Gasteiger partial charge on any atom is 0.225 e. The Bertz CT molecular complexity index is 992. The Kier molecular flexibility index (Phi) is 4.95. The third kappa shape index (κ3) is 3.43. The van der Waals surface area contributed by atoms with E-state index in [0.29, 0.717) is 13.1 Å². The van der Waals surface area contributed by atoms with Crippen LogP contribution in [0.25, 0.3) is 11.0 Å². The Hall–Kier alpha value is -1.93. The van der Waals surface area contributed by atoms with Crippen LogP contribution in [0.2, 0.25) is 0 Å². The van der Waals surface area contributed by atoms with Gasteiger partial charge in [0.25, 0.3) is 0 Å². The van der Waals surface area contributed by atoms with E-state index < -0.39 is 10.0 Å². The number of rotatable bonds is 4. The van der Waals surface area contributed by atoms with Crippen molar-refractivity contribution >= 4 is 27.0 Å². The van der Waals surface area contributed by atoms with Crippen LogP contribution in [0.4, 0.5) is 0 Å². The number of para-hydroxylation sites is 2. The number of nitrogens with one attached hydrogen (secondary N) is 1. The van der Waals surface area contributed by atoms with Gasteiger partial charge in [0.2, 0.25) is 15.9 Å². The minimum absolute atomic E-state index is 0.0555.